The number of hydrogen-bond donors (Lipinski definition) is 1. The van der Waals surface area contributed by atoms with Crippen molar-refractivity contribution in [1.82, 2.24) is 9.97 Å². The highest BCUT2D eigenvalue weighted by molar-refractivity contribution is 6.14. The molecule has 5 rings (SSSR count). The van der Waals surface area contributed by atoms with Crippen molar-refractivity contribution in [3.05, 3.63) is 72.3 Å². The van der Waals surface area contributed by atoms with Crippen LogP contribution in [0.15, 0.2) is 71.8 Å². The van der Waals surface area contributed by atoms with Crippen LogP contribution >= 0.6 is 0 Å². The lowest BCUT2D eigenvalue weighted by Crippen LogP contribution is -2.29. The monoisotopic (exact) mass is 354 g/mol. The predicted octanol–water partition coefficient (Wildman–Crippen LogP) is 4.30. The molecule has 1 aliphatic rings. The van der Waals surface area contributed by atoms with Crippen molar-refractivity contribution in [1.29, 1.82) is 0 Å². The van der Waals surface area contributed by atoms with E-state index >= 15 is 0 Å². The number of carbonyl (C=O) groups is 1. The number of benzene rings is 3. The third kappa shape index (κ3) is 2.59. The third-order valence-corrected chi connectivity index (χ3v) is 5.15. The number of imidazole rings is 1. The number of nitrogens with zero attached hydrogens (tertiary/aromatic N) is 3. The Bertz CT molecular complexity index is 1170. The van der Waals surface area contributed by atoms with Crippen molar-refractivity contribution in [2.75, 3.05) is 5.01 Å². The summed E-state index contributed by atoms with van der Waals surface area (Å²) in [4.78, 5) is 20.8. The second-order valence-electron chi connectivity index (χ2n) is 6.86. The van der Waals surface area contributed by atoms with Crippen LogP contribution in [-0.4, -0.2) is 21.6 Å². The van der Waals surface area contributed by atoms with E-state index in [1.54, 1.807) is 0 Å². The molecule has 1 amide bonds. The molecule has 0 radical (unpaired) electrons. The maximum absolute atomic E-state index is 13.1. The molecule has 1 N–H and O–H groups in total. The molecule has 1 aliphatic heterocycles. The number of fused-ring (bicyclic) bond motifs is 2. The number of hydrazone groups is 1. The molecule has 0 bridgehead atoms. The standard InChI is InChI=1S/C22H18N4O/c1-14-18(13-16-9-6-8-15-7-2-3-10-17(15)16)21(27)26(25-14)22-23-19-11-4-5-12-20(19)24-22/h2-12,18H,13H2,1H3,(H,23,24)/t18-/m1/s1. The molecule has 1 aromatic heterocycles. The van der Waals surface area contributed by atoms with E-state index in [-0.39, 0.29) is 11.8 Å². The van der Waals surface area contributed by atoms with Gasteiger partial charge in [0.1, 0.15) is 0 Å². The van der Waals surface area contributed by atoms with Crippen LogP contribution in [0.5, 0.6) is 0 Å². The van der Waals surface area contributed by atoms with Gasteiger partial charge in [-0.3, -0.25) is 4.79 Å². The Morgan fingerprint density at radius 2 is 1.78 bits per heavy atom. The number of aromatic nitrogens is 2. The van der Waals surface area contributed by atoms with Crippen LogP contribution in [0, 0.1) is 5.92 Å². The van der Waals surface area contributed by atoms with E-state index in [9.17, 15) is 4.79 Å². The minimum absolute atomic E-state index is 0.0421. The highest BCUT2D eigenvalue weighted by atomic mass is 16.2. The van der Waals surface area contributed by atoms with Gasteiger partial charge >= 0.3 is 0 Å². The van der Waals surface area contributed by atoms with Crippen LogP contribution in [0.25, 0.3) is 21.8 Å². The first-order chi connectivity index (χ1) is 13.2. The summed E-state index contributed by atoms with van der Waals surface area (Å²) in [6.07, 6.45) is 0.631. The van der Waals surface area contributed by atoms with Gasteiger partial charge in [0, 0.05) is 5.71 Å². The molecule has 4 aromatic rings. The smallest absolute Gasteiger partial charge is 0.259 e. The third-order valence-electron chi connectivity index (χ3n) is 5.15. The number of aromatic amines is 1. The first-order valence-corrected chi connectivity index (χ1v) is 9.01. The number of anilines is 1. The molecule has 0 aliphatic carbocycles. The summed E-state index contributed by atoms with van der Waals surface area (Å²) >= 11 is 0. The fourth-order valence-corrected chi connectivity index (χ4v) is 3.72. The predicted molar refractivity (Wildman–Crippen MR) is 108 cm³/mol. The quantitative estimate of drug-likeness (QED) is 0.596. The summed E-state index contributed by atoms with van der Waals surface area (Å²) in [5.74, 6) is 0.157. The Labute approximate surface area is 156 Å². The Hall–Kier alpha value is -3.47. The molecule has 0 spiro atoms. The summed E-state index contributed by atoms with van der Waals surface area (Å²) in [6.45, 7) is 1.91. The molecule has 0 fully saturated rings. The second-order valence-corrected chi connectivity index (χ2v) is 6.86. The molecule has 0 saturated carbocycles. The van der Waals surface area contributed by atoms with Gasteiger partial charge in [0.05, 0.1) is 17.0 Å². The molecule has 3 aromatic carbocycles. The number of rotatable bonds is 3. The first kappa shape index (κ1) is 15.8. The fraction of sp³-hybridized carbons (Fsp3) is 0.136. The van der Waals surface area contributed by atoms with Gasteiger partial charge in [-0.25, -0.2) is 4.98 Å². The minimum atomic E-state index is -0.274. The summed E-state index contributed by atoms with van der Waals surface area (Å²) in [5, 5.41) is 8.27. The van der Waals surface area contributed by atoms with Crippen molar-refractivity contribution < 1.29 is 4.79 Å². The highest BCUT2D eigenvalue weighted by Crippen LogP contribution is 2.28. The Morgan fingerprint density at radius 3 is 2.67 bits per heavy atom. The molecule has 132 valence electrons. The first-order valence-electron chi connectivity index (χ1n) is 9.01. The molecule has 0 unspecified atom stereocenters. The lowest BCUT2D eigenvalue weighted by atomic mass is 9.92. The molecular weight excluding hydrogens is 336 g/mol. The number of carbonyl (C=O) groups excluding carboxylic acids is 1. The molecule has 5 nitrogen and oxygen atoms in total. The van der Waals surface area contributed by atoms with Crippen LogP contribution in [-0.2, 0) is 11.2 Å². The molecular formula is C22H18N4O. The summed E-state index contributed by atoms with van der Waals surface area (Å²) in [7, 11) is 0. The Morgan fingerprint density at radius 1 is 1.00 bits per heavy atom. The molecule has 2 heterocycles. The van der Waals surface area contributed by atoms with Crippen molar-refractivity contribution in [3.63, 3.8) is 0 Å². The minimum Gasteiger partial charge on any atom is -0.322 e. The Kier molecular flexibility index (Phi) is 3.53. The van der Waals surface area contributed by atoms with E-state index < -0.39 is 0 Å². The van der Waals surface area contributed by atoms with Gasteiger partial charge < -0.3 is 4.98 Å². The van der Waals surface area contributed by atoms with E-state index in [0.29, 0.717) is 12.4 Å². The molecule has 5 heteroatoms. The van der Waals surface area contributed by atoms with E-state index in [1.165, 1.54) is 15.8 Å². The maximum atomic E-state index is 13.1. The van der Waals surface area contributed by atoms with Gasteiger partial charge in [-0.05, 0) is 41.8 Å². The number of H-pyrrole nitrogens is 1. The average molecular weight is 354 g/mol. The van der Waals surface area contributed by atoms with Crippen molar-refractivity contribution in [3.8, 4) is 0 Å². The maximum Gasteiger partial charge on any atom is 0.259 e. The van der Waals surface area contributed by atoms with Gasteiger partial charge in [0.2, 0.25) is 5.95 Å². The highest BCUT2D eigenvalue weighted by Gasteiger charge is 2.36. The van der Waals surface area contributed by atoms with Gasteiger partial charge in [0.25, 0.3) is 5.91 Å². The van der Waals surface area contributed by atoms with Crippen LogP contribution in [0.2, 0.25) is 0 Å². The van der Waals surface area contributed by atoms with Crippen LogP contribution < -0.4 is 5.01 Å². The summed E-state index contributed by atoms with van der Waals surface area (Å²) < 4.78 is 0. The van der Waals surface area contributed by atoms with Gasteiger partial charge in [-0.1, -0.05) is 54.6 Å². The zero-order chi connectivity index (χ0) is 18.4. The van der Waals surface area contributed by atoms with E-state index in [1.807, 2.05) is 49.4 Å². The lowest BCUT2D eigenvalue weighted by molar-refractivity contribution is -0.119. The van der Waals surface area contributed by atoms with Crippen molar-refractivity contribution in [2.24, 2.45) is 11.0 Å². The number of nitrogens with one attached hydrogen (secondary N) is 1. The van der Waals surface area contributed by atoms with E-state index in [4.69, 9.17) is 0 Å². The van der Waals surface area contributed by atoms with Crippen molar-refractivity contribution >= 4 is 39.4 Å². The number of amides is 1. The molecule has 0 saturated heterocycles. The topological polar surface area (TPSA) is 61.4 Å². The number of para-hydroxylation sites is 2. The second kappa shape index (κ2) is 6.06. The zero-order valence-corrected chi connectivity index (χ0v) is 14.9. The van der Waals surface area contributed by atoms with Crippen LogP contribution in [0.3, 0.4) is 0 Å². The van der Waals surface area contributed by atoms with Gasteiger partial charge in [-0.15, -0.1) is 0 Å². The van der Waals surface area contributed by atoms with Crippen molar-refractivity contribution in [2.45, 2.75) is 13.3 Å². The lowest BCUT2D eigenvalue weighted by Gasteiger charge is -2.13. The van der Waals surface area contributed by atoms with Crippen LogP contribution in [0.4, 0.5) is 5.95 Å². The Balaban J connectivity index is 1.48. The summed E-state index contributed by atoms with van der Waals surface area (Å²) in [5.41, 5.74) is 3.69. The molecule has 27 heavy (non-hydrogen) atoms. The normalized spacial score (nSPS) is 17.1. The van der Waals surface area contributed by atoms with Gasteiger partial charge in [-0.2, -0.15) is 10.1 Å². The largest absolute Gasteiger partial charge is 0.322 e. The van der Waals surface area contributed by atoms with Gasteiger partial charge in [0.15, 0.2) is 0 Å². The number of hydrogen-bond acceptors (Lipinski definition) is 3. The van der Waals surface area contributed by atoms with E-state index in [0.717, 1.165) is 22.3 Å². The zero-order valence-electron chi connectivity index (χ0n) is 14.9. The summed E-state index contributed by atoms with van der Waals surface area (Å²) in [6, 6.07) is 22.2. The van der Waals surface area contributed by atoms with E-state index in [2.05, 4.69) is 39.3 Å². The average Bonchev–Trinajstić information content (AvgIpc) is 3.24. The molecule has 1 atom stereocenters. The SMILES string of the molecule is CC1=NN(c2nc3ccccc3[nH]2)C(=O)[C@@H]1Cc1cccc2ccccc12. The van der Waals surface area contributed by atoms with Crippen LogP contribution in [0.1, 0.15) is 12.5 Å². The fourth-order valence-electron chi connectivity index (χ4n) is 3.72.